The summed E-state index contributed by atoms with van der Waals surface area (Å²) in [6.07, 6.45) is 39.0. The van der Waals surface area contributed by atoms with Crippen LogP contribution in [0.15, 0.2) is 0 Å². The zero-order valence-corrected chi connectivity index (χ0v) is 64.9. The van der Waals surface area contributed by atoms with Crippen LogP contribution in [0.4, 0.5) is 0 Å². The van der Waals surface area contributed by atoms with Crippen LogP contribution in [0.1, 0.15) is 261 Å². The number of unbranched alkanes of at least 4 members (excludes halogenated alkanes) is 20. The summed E-state index contributed by atoms with van der Waals surface area (Å²) in [5.41, 5.74) is 0. The quantitative estimate of drug-likeness (QED) is 0.0341. The van der Waals surface area contributed by atoms with E-state index in [0.29, 0.717) is 78.0 Å². The Morgan fingerprint density at radius 3 is 0.670 bits per heavy atom. The number of nitrogens with zero attached hydrogens (tertiary/aromatic N) is 3. The van der Waals surface area contributed by atoms with Gasteiger partial charge in [-0.25, -0.2) is 0 Å². The van der Waals surface area contributed by atoms with Crippen LogP contribution in [0, 0.1) is 23.7 Å². The van der Waals surface area contributed by atoms with Gasteiger partial charge in [0.25, 0.3) is 0 Å². The molecule has 0 spiro atoms. The maximum Gasteiger partial charge on any atom is 0.221 e. The molecule has 0 bridgehead atoms. The Balaban J connectivity index is 5.21. The predicted octanol–water partition coefficient (Wildman–Crippen LogP) is 18.6. The molecule has 522 valence electrons. The fraction of sp³-hybridized carbons (Fsp3) is 0.942. The summed E-state index contributed by atoms with van der Waals surface area (Å²) in [5.74, 6) is 11.8. The molecule has 19 heteroatoms. The molecule has 0 unspecified atom stereocenters. The average Bonchev–Trinajstić information content (AvgIpc) is 3.50. The lowest BCUT2D eigenvalue weighted by Gasteiger charge is -2.28. The zero-order chi connectivity index (χ0) is 64.6. The molecule has 0 radical (unpaired) electrons. The Hall–Kier alpha value is 0.560. The highest BCUT2D eigenvalue weighted by molar-refractivity contribution is 8.77. The van der Waals surface area contributed by atoms with Gasteiger partial charge in [-0.2, -0.15) is 0 Å². The summed E-state index contributed by atoms with van der Waals surface area (Å²) >= 11 is 0. The fourth-order valence-corrected chi connectivity index (χ4v) is 18.1. The first kappa shape index (κ1) is 88.6. The molecule has 0 aliphatic heterocycles. The molecule has 0 aliphatic carbocycles. The van der Waals surface area contributed by atoms with Gasteiger partial charge in [-0.05, 0) is 56.4 Å². The Bertz CT molecular complexity index is 1340. The number of rotatable bonds is 70. The van der Waals surface area contributed by atoms with Crippen LogP contribution in [0.2, 0.25) is 0 Å². The lowest BCUT2D eigenvalue weighted by Crippen LogP contribution is -2.41. The molecule has 0 saturated heterocycles. The lowest BCUT2D eigenvalue weighted by atomic mass is 10.0. The Morgan fingerprint density at radius 2 is 0.455 bits per heavy atom. The Morgan fingerprint density at radius 1 is 0.261 bits per heavy atom. The van der Waals surface area contributed by atoms with E-state index in [9.17, 15) is 19.2 Å². The minimum absolute atomic E-state index is 0.0637. The highest BCUT2D eigenvalue weighted by Gasteiger charge is 2.16. The number of nitrogens with one attached hydrogen (secondary N) is 4. The maximum absolute atomic E-state index is 13.1. The second-order valence-corrected chi connectivity index (χ2v) is 37.0. The van der Waals surface area contributed by atoms with E-state index >= 15 is 0 Å². The normalized spacial score (nSPS) is 11.9. The monoisotopic (exact) mass is 1390 g/mol. The number of amides is 4. The molecule has 0 fully saturated rings. The van der Waals surface area contributed by atoms with Crippen molar-refractivity contribution < 1.29 is 19.2 Å². The van der Waals surface area contributed by atoms with Gasteiger partial charge in [-0.15, -0.1) is 0 Å². The van der Waals surface area contributed by atoms with E-state index in [1.54, 1.807) is 0 Å². The summed E-state index contributed by atoms with van der Waals surface area (Å²) in [6, 6.07) is 0. The summed E-state index contributed by atoms with van der Waals surface area (Å²) in [6.45, 7) is 26.6. The lowest BCUT2D eigenvalue weighted by molar-refractivity contribution is -0.123. The van der Waals surface area contributed by atoms with Crippen LogP contribution in [0.3, 0.4) is 0 Å². The summed E-state index contributed by atoms with van der Waals surface area (Å²) < 4.78 is 0. The van der Waals surface area contributed by atoms with Gasteiger partial charge < -0.3 is 36.0 Å². The topological polar surface area (TPSA) is 126 Å². The molecule has 0 rings (SSSR count). The highest BCUT2D eigenvalue weighted by atomic mass is 33.1. The van der Waals surface area contributed by atoms with Crippen molar-refractivity contribution in [1.82, 2.24) is 36.0 Å². The molecule has 0 atom stereocenters. The summed E-state index contributed by atoms with van der Waals surface area (Å²) in [7, 11) is 17.3. The molecule has 0 saturated carbocycles. The van der Waals surface area contributed by atoms with E-state index in [-0.39, 0.29) is 23.6 Å². The first-order valence-corrected chi connectivity index (χ1v) is 45.8. The number of hydrogen-bond acceptors (Lipinski definition) is 15. The molecule has 4 N–H and O–H groups in total. The van der Waals surface area contributed by atoms with Crippen molar-refractivity contribution in [2.75, 3.05) is 132 Å². The van der Waals surface area contributed by atoms with Crippen LogP contribution in [-0.2, 0) is 19.2 Å². The number of hydrogen-bond donors (Lipinski definition) is 4. The fourth-order valence-electron chi connectivity index (χ4n) is 9.88. The van der Waals surface area contributed by atoms with Crippen molar-refractivity contribution in [2.45, 2.75) is 261 Å². The van der Waals surface area contributed by atoms with Crippen LogP contribution >= 0.6 is 86.4 Å². The SMILES string of the molecule is CC(C)CCCCCCCCSSCCNC(=O)CCN(CCC(=O)NCCSSCCCCCCCCC(C)C)CCN(C)CCN(CCC(=O)NCCSSCCCCCCCCC(C)C)CCC(=O)NCCSSCCCCCCCCC(C)C. The van der Waals surface area contributed by atoms with Gasteiger partial charge in [0, 0.05) is 150 Å². The van der Waals surface area contributed by atoms with Crippen LogP contribution in [0.5, 0.6) is 0 Å². The molecule has 11 nitrogen and oxygen atoms in total. The average molecular weight is 1390 g/mol. The van der Waals surface area contributed by atoms with E-state index < -0.39 is 0 Å². The van der Waals surface area contributed by atoms with Crippen molar-refractivity contribution in [3.63, 3.8) is 0 Å². The maximum atomic E-state index is 13.1. The molecule has 0 aromatic carbocycles. The van der Waals surface area contributed by atoms with Crippen molar-refractivity contribution in [3.05, 3.63) is 0 Å². The third kappa shape index (κ3) is 70.9. The van der Waals surface area contributed by atoms with Crippen LogP contribution < -0.4 is 21.3 Å². The first-order chi connectivity index (χ1) is 42.7. The number of likely N-dealkylation sites (N-methyl/N-ethyl adjacent to an activating group) is 1. The van der Waals surface area contributed by atoms with Gasteiger partial charge in [-0.3, -0.25) is 19.2 Å². The summed E-state index contributed by atoms with van der Waals surface area (Å²) in [4.78, 5) is 59.4. The van der Waals surface area contributed by atoms with Gasteiger partial charge in [0.05, 0.1) is 0 Å². The molecule has 0 heterocycles. The Labute approximate surface area is 576 Å². The van der Waals surface area contributed by atoms with Crippen molar-refractivity contribution in [1.29, 1.82) is 0 Å². The van der Waals surface area contributed by atoms with E-state index in [2.05, 4.69) is 98.4 Å². The number of carbonyl (C=O) groups excluding carboxylic acids is 4. The van der Waals surface area contributed by atoms with Crippen molar-refractivity contribution in [2.24, 2.45) is 23.7 Å². The smallest absolute Gasteiger partial charge is 0.221 e. The third-order valence-electron chi connectivity index (χ3n) is 15.6. The van der Waals surface area contributed by atoms with Crippen molar-refractivity contribution in [3.8, 4) is 0 Å². The Kier molecular flexibility index (Phi) is 69.4. The van der Waals surface area contributed by atoms with Crippen molar-refractivity contribution >= 4 is 110 Å². The first-order valence-electron chi connectivity index (χ1n) is 35.8. The van der Waals surface area contributed by atoms with Gasteiger partial charge in [0.1, 0.15) is 0 Å². The third-order valence-corrected chi connectivity index (χ3v) is 25.6. The minimum atomic E-state index is 0.0637. The molecule has 88 heavy (non-hydrogen) atoms. The second-order valence-electron chi connectivity index (χ2n) is 26.2. The van der Waals surface area contributed by atoms with Crippen LogP contribution in [0.25, 0.3) is 0 Å². The summed E-state index contributed by atoms with van der Waals surface area (Å²) in [5, 5.41) is 12.6. The van der Waals surface area contributed by atoms with Gasteiger partial charge >= 0.3 is 0 Å². The van der Waals surface area contributed by atoms with E-state index in [4.69, 9.17) is 0 Å². The second kappa shape index (κ2) is 68.9. The van der Waals surface area contributed by atoms with E-state index in [1.807, 2.05) is 86.4 Å². The molecule has 4 amide bonds. The standard InChI is InChI=1S/C69H139N7O4S8/c1-62(2)34-26-18-10-14-22-30-54-81-85-58-42-70-66(77)38-46-75(47-39-67(78)71-43-59-86-82-55-31-23-15-11-19-27-35-63(3)4)52-50-74(9)51-53-76(48-40-68(79)72-44-60-87-83-56-32-24-16-12-20-28-36-64(5)6)49-41-69(80)73-45-61-88-84-57-33-25-17-13-21-29-37-65(7)8/h62-65H,10-61H2,1-9H3,(H,70,77)(H,71,78)(H,72,79)(H,73,80). The molecule has 0 aliphatic rings. The van der Waals surface area contributed by atoms with Gasteiger partial charge in [-0.1, -0.05) is 296 Å². The molecular weight excluding hydrogens is 1250 g/mol. The van der Waals surface area contributed by atoms with Crippen LogP contribution in [-0.4, -0.2) is 170 Å². The van der Waals surface area contributed by atoms with Gasteiger partial charge in [0.15, 0.2) is 0 Å². The highest BCUT2D eigenvalue weighted by Crippen LogP contribution is 2.26. The zero-order valence-electron chi connectivity index (χ0n) is 58.3. The van der Waals surface area contributed by atoms with E-state index in [0.717, 1.165) is 72.9 Å². The number of carbonyl (C=O) groups is 4. The van der Waals surface area contributed by atoms with Gasteiger partial charge in [0.2, 0.25) is 23.6 Å². The minimum Gasteiger partial charge on any atom is -0.355 e. The van der Waals surface area contributed by atoms with E-state index in [1.165, 1.54) is 203 Å². The predicted molar refractivity (Wildman–Crippen MR) is 409 cm³/mol. The molecule has 0 aromatic rings. The molecular formula is C69H139N7O4S8. The largest absolute Gasteiger partial charge is 0.355 e. The molecule has 0 aromatic heterocycles.